The van der Waals surface area contributed by atoms with Crippen molar-refractivity contribution in [3.05, 3.63) is 63.5 Å². The van der Waals surface area contributed by atoms with E-state index in [4.69, 9.17) is 4.98 Å². The van der Waals surface area contributed by atoms with E-state index in [9.17, 15) is 23.1 Å². The van der Waals surface area contributed by atoms with Gasteiger partial charge >= 0.3 is 6.18 Å². The molecule has 0 bridgehead atoms. The number of hydrogen-bond donors (Lipinski definition) is 1. The first-order valence-corrected chi connectivity index (χ1v) is 13.1. The predicted octanol–water partition coefficient (Wildman–Crippen LogP) is 7.65. The van der Waals surface area contributed by atoms with Crippen molar-refractivity contribution >= 4 is 5.78 Å². The van der Waals surface area contributed by atoms with Crippen LogP contribution in [0.25, 0.3) is 0 Å². The smallest absolute Gasteiger partial charge is 0.388 e. The molecule has 1 N–H and O–H groups in total. The third kappa shape index (κ3) is 4.43. The van der Waals surface area contributed by atoms with Gasteiger partial charge in [-0.3, -0.25) is 9.78 Å². The first kappa shape index (κ1) is 24.5. The van der Waals surface area contributed by atoms with E-state index in [1.807, 2.05) is 13.8 Å². The van der Waals surface area contributed by atoms with Crippen LogP contribution in [0.15, 0.2) is 24.3 Å². The summed E-state index contributed by atoms with van der Waals surface area (Å²) in [6.07, 6.45) is 5.06. The average molecular weight is 486 g/mol. The summed E-state index contributed by atoms with van der Waals surface area (Å²) in [5, 5.41) is 11.4. The lowest BCUT2D eigenvalue weighted by Gasteiger charge is -2.48. The van der Waals surface area contributed by atoms with Crippen molar-refractivity contribution in [1.29, 1.82) is 0 Å². The van der Waals surface area contributed by atoms with E-state index in [1.165, 1.54) is 18.6 Å². The van der Waals surface area contributed by atoms with E-state index in [1.54, 1.807) is 0 Å². The van der Waals surface area contributed by atoms with Gasteiger partial charge in [0.05, 0.1) is 17.4 Å². The largest absolute Gasteiger partial charge is 0.416 e. The zero-order valence-electron chi connectivity index (χ0n) is 20.5. The summed E-state index contributed by atoms with van der Waals surface area (Å²) in [6, 6.07) is 4.51. The molecule has 0 aliphatic heterocycles. The lowest BCUT2D eigenvalue weighted by molar-refractivity contribution is -0.137. The molecule has 3 nitrogen and oxygen atoms in total. The molecule has 0 amide bonds. The summed E-state index contributed by atoms with van der Waals surface area (Å²) < 4.78 is 39.4. The average Bonchev–Trinajstić information content (AvgIpc) is 2.81. The van der Waals surface area contributed by atoms with Gasteiger partial charge in [0.25, 0.3) is 0 Å². The van der Waals surface area contributed by atoms with E-state index in [-0.39, 0.29) is 28.6 Å². The summed E-state index contributed by atoms with van der Waals surface area (Å²) in [4.78, 5) is 19.0. The minimum atomic E-state index is -4.45. The molecule has 0 saturated heterocycles. The second-order valence-corrected chi connectivity index (χ2v) is 11.3. The molecule has 3 aliphatic carbocycles. The van der Waals surface area contributed by atoms with E-state index in [0.717, 1.165) is 86.0 Å². The van der Waals surface area contributed by atoms with Crippen molar-refractivity contribution in [2.24, 2.45) is 5.41 Å². The van der Waals surface area contributed by atoms with Crippen LogP contribution in [0.1, 0.15) is 134 Å². The summed E-state index contributed by atoms with van der Waals surface area (Å²) in [5.74, 6) is -0.140. The molecule has 2 aromatic rings. The number of rotatable bonds is 4. The molecule has 2 fully saturated rings. The number of carbonyl (C=O) groups excluding carboxylic acids is 1. The Balaban J connectivity index is 1.68. The number of nitrogens with zero attached hydrogens (tertiary/aromatic N) is 1. The van der Waals surface area contributed by atoms with Crippen LogP contribution in [-0.4, -0.2) is 15.9 Å². The molecule has 188 valence electrons. The number of aliphatic hydroxyl groups is 1. The molecular formula is C29H34F3NO2. The summed E-state index contributed by atoms with van der Waals surface area (Å²) >= 11 is 0. The van der Waals surface area contributed by atoms with E-state index in [2.05, 4.69) is 0 Å². The number of aromatic nitrogens is 1. The molecule has 1 aromatic carbocycles. The zero-order chi connectivity index (χ0) is 25.0. The highest BCUT2D eigenvalue weighted by Crippen LogP contribution is 2.55. The first-order valence-electron chi connectivity index (χ1n) is 13.1. The van der Waals surface area contributed by atoms with Gasteiger partial charge in [-0.25, -0.2) is 0 Å². The molecule has 0 unspecified atom stereocenters. The molecule has 6 heteroatoms. The molecule has 1 heterocycles. The number of benzene rings is 1. The molecule has 2 saturated carbocycles. The Morgan fingerprint density at radius 3 is 2.23 bits per heavy atom. The normalized spacial score (nSPS) is 22.2. The number of halogens is 3. The predicted molar refractivity (Wildman–Crippen MR) is 129 cm³/mol. The van der Waals surface area contributed by atoms with Crippen molar-refractivity contribution in [2.75, 3.05) is 0 Å². The Morgan fingerprint density at radius 2 is 1.69 bits per heavy atom. The number of aliphatic hydroxyl groups excluding tert-OH is 1. The lowest BCUT2D eigenvalue weighted by Crippen LogP contribution is -2.39. The van der Waals surface area contributed by atoms with Gasteiger partial charge in [0.15, 0.2) is 5.78 Å². The second-order valence-electron chi connectivity index (χ2n) is 11.3. The SMILES string of the molecule is CC(C)c1nc2c(c(C3CCCCC3)c1C(=O)c1ccc(C(F)(F)F)cc1)[C@@H](O)CC1(CCC1)C2. The second kappa shape index (κ2) is 9.02. The van der Waals surface area contributed by atoms with Crippen LogP contribution in [0, 0.1) is 5.41 Å². The third-order valence-corrected chi connectivity index (χ3v) is 8.56. The van der Waals surface area contributed by atoms with Gasteiger partial charge in [0.2, 0.25) is 0 Å². The van der Waals surface area contributed by atoms with Gasteiger partial charge in [-0.2, -0.15) is 13.2 Å². The van der Waals surface area contributed by atoms with Crippen LogP contribution in [0.5, 0.6) is 0 Å². The summed E-state index contributed by atoms with van der Waals surface area (Å²) in [6.45, 7) is 4.03. The van der Waals surface area contributed by atoms with Crippen molar-refractivity contribution in [2.45, 2.75) is 102 Å². The summed E-state index contributed by atoms with van der Waals surface area (Å²) in [5.41, 5.74) is 3.55. The first-order chi connectivity index (χ1) is 16.6. The molecule has 1 spiro atoms. The van der Waals surface area contributed by atoms with Gasteiger partial charge in [-0.15, -0.1) is 0 Å². The van der Waals surface area contributed by atoms with E-state index in [0.29, 0.717) is 12.0 Å². The number of pyridine rings is 1. The maximum Gasteiger partial charge on any atom is 0.416 e. The highest BCUT2D eigenvalue weighted by atomic mass is 19.4. The summed E-state index contributed by atoms with van der Waals surface area (Å²) in [7, 11) is 0. The van der Waals surface area contributed by atoms with Crippen molar-refractivity contribution in [3.63, 3.8) is 0 Å². The monoisotopic (exact) mass is 485 g/mol. The molecular weight excluding hydrogens is 451 g/mol. The maximum absolute atomic E-state index is 14.0. The van der Waals surface area contributed by atoms with Crippen LogP contribution in [-0.2, 0) is 12.6 Å². The number of ketones is 1. The maximum atomic E-state index is 14.0. The molecule has 1 aromatic heterocycles. The van der Waals surface area contributed by atoms with Crippen molar-refractivity contribution in [1.82, 2.24) is 4.98 Å². The molecule has 0 radical (unpaired) electrons. The Hall–Kier alpha value is -2.21. The van der Waals surface area contributed by atoms with Gasteiger partial charge in [0, 0.05) is 22.4 Å². The van der Waals surface area contributed by atoms with Crippen LogP contribution in [0.3, 0.4) is 0 Å². The fourth-order valence-electron chi connectivity index (χ4n) is 6.62. The van der Waals surface area contributed by atoms with Gasteiger partial charge in [-0.1, -0.05) is 51.7 Å². The van der Waals surface area contributed by atoms with Gasteiger partial charge in [0.1, 0.15) is 0 Å². The Kier molecular flexibility index (Phi) is 6.31. The van der Waals surface area contributed by atoms with Crippen LogP contribution in [0.4, 0.5) is 13.2 Å². The highest BCUT2D eigenvalue weighted by Gasteiger charge is 2.46. The lowest BCUT2D eigenvalue weighted by atomic mass is 9.58. The molecule has 3 aliphatic rings. The molecule has 35 heavy (non-hydrogen) atoms. The van der Waals surface area contributed by atoms with Gasteiger partial charge in [-0.05, 0) is 73.5 Å². The molecule has 1 atom stereocenters. The Bertz CT molecular complexity index is 1110. The van der Waals surface area contributed by atoms with Gasteiger partial charge < -0.3 is 5.11 Å². The Morgan fingerprint density at radius 1 is 1.03 bits per heavy atom. The Labute approximate surface area is 205 Å². The van der Waals surface area contributed by atoms with E-state index < -0.39 is 17.8 Å². The minimum Gasteiger partial charge on any atom is -0.388 e. The topological polar surface area (TPSA) is 50.2 Å². The fraction of sp³-hybridized carbons (Fsp3) is 0.586. The quantitative estimate of drug-likeness (QED) is 0.453. The van der Waals surface area contributed by atoms with Crippen LogP contribution < -0.4 is 0 Å². The fourth-order valence-corrected chi connectivity index (χ4v) is 6.62. The minimum absolute atomic E-state index is 0.0209. The van der Waals surface area contributed by atoms with Crippen molar-refractivity contribution < 1.29 is 23.1 Å². The van der Waals surface area contributed by atoms with Crippen LogP contribution in [0.2, 0.25) is 0 Å². The number of alkyl halides is 3. The van der Waals surface area contributed by atoms with E-state index >= 15 is 0 Å². The third-order valence-electron chi connectivity index (χ3n) is 8.56. The highest BCUT2D eigenvalue weighted by molar-refractivity contribution is 6.11. The zero-order valence-corrected chi connectivity index (χ0v) is 20.5. The van der Waals surface area contributed by atoms with Crippen molar-refractivity contribution in [3.8, 4) is 0 Å². The molecule has 5 rings (SSSR count). The number of fused-ring (bicyclic) bond motifs is 1. The van der Waals surface area contributed by atoms with Crippen LogP contribution >= 0.6 is 0 Å². The number of carbonyl (C=O) groups is 1. The standard InChI is InChI=1S/C29H34F3NO2/c1-17(2)26-25(27(35)19-9-11-20(12-10-19)29(30,31)32)23(18-7-4-3-5-8-18)24-21(33-26)15-28(13-6-14-28)16-22(24)34/h9-12,17-18,22,34H,3-8,13-16H2,1-2H3/t22-/m0/s1. The number of hydrogen-bond acceptors (Lipinski definition) is 3.